The lowest BCUT2D eigenvalue weighted by atomic mass is 9.86. The number of likely N-dealkylation sites (tertiary alicyclic amines) is 1. The summed E-state index contributed by atoms with van der Waals surface area (Å²) < 4.78 is 0. The molecule has 0 saturated carbocycles. The van der Waals surface area contributed by atoms with Gasteiger partial charge in [0, 0.05) is 30.2 Å². The second-order valence-corrected chi connectivity index (χ2v) is 6.01. The van der Waals surface area contributed by atoms with Gasteiger partial charge in [0.2, 0.25) is 0 Å². The van der Waals surface area contributed by atoms with Crippen molar-refractivity contribution in [3.63, 3.8) is 0 Å². The largest absolute Gasteiger partial charge is 0.327 e. The van der Waals surface area contributed by atoms with E-state index in [1.807, 2.05) is 6.20 Å². The molecule has 0 amide bonds. The van der Waals surface area contributed by atoms with Crippen LogP contribution in [0.5, 0.6) is 0 Å². The number of hydrogen-bond donors (Lipinski definition) is 1. The van der Waals surface area contributed by atoms with Crippen LogP contribution < -0.4 is 5.73 Å². The second-order valence-electron chi connectivity index (χ2n) is 5.08. The summed E-state index contributed by atoms with van der Waals surface area (Å²) in [7, 11) is 0. The Morgan fingerprint density at radius 1 is 1.59 bits per heavy atom. The summed E-state index contributed by atoms with van der Waals surface area (Å²) in [5, 5.41) is 3.32. The van der Waals surface area contributed by atoms with Gasteiger partial charge in [-0.25, -0.2) is 4.98 Å². The lowest BCUT2D eigenvalue weighted by Gasteiger charge is -2.44. The number of hydrogen-bond acceptors (Lipinski definition) is 4. The van der Waals surface area contributed by atoms with Gasteiger partial charge in [-0.2, -0.15) is 0 Å². The van der Waals surface area contributed by atoms with Crippen molar-refractivity contribution in [3.8, 4) is 0 Å². The van der Waals surface area contributed by atoms with E-state index in [0.717, 1.165) is 19.4 Å². The van der Waals surface area contributed by atoms with Crippen LogP contribution in [0.4, 0.5) is 0 Å². The first-order valence-electron chi connectivity index (χ1n) is 6.55. The molecular weight excluding hydrogens is 230 g/mol. The fourth-order valence-electron chi connectivity index (χ4n) is 2.81. The quantitative estimate of drug-likeness (QED) is 0.900. The lowest BCUT2D eigenvalue weighted by molar-refractivity contribution is 0.0536. The van der Waals surface area contributed by atoms with E-state index in [4.69, 9.17) is 5.73 Å². The van der Waals surface area contributed by atoms with Crippen molar-refractivity contribution >= 4 is 11.3 Å². The Balaban J connectivity index is 2.15. The van der Waals surface area contributed by atoms with Gasteiger partial charge in [-0.15, -0.1) is 11.3 Å². The van der Waals surface area contributed by atoms with Crippen LogP contribution in [0.25, 0.3) is 0 Å². The van der Waals surface area contributed by atoms with E-state index < -0.39 is 0 Å². The van der Waals surface area contributed by atoms with Crippen LogP contribution in [0, 0.1) is 5.92 Å². The highest BCUT2D eigenvalue weighted by molar-refractivity contribution is 7.09. The van der Waals surface area contributed by atoms with Gasteiger partial charge < -0.3 is 5.73 Å². The van der Waals surface area contributed by atoms with Gasteiger partial charge in [0.15, 0.2) is 0 Å². The SMILES string of the molecule is CCC(c1nccs1)N1CCC(N)C(C)C1C. The third-order valence-electron chi connectivity index (χ3n) is 4.20. The molecule has 1 aromatic heterocycles. The van der Waals surface area contributed by atoms with Crippen molar-refractivity contribution in [2.75, 3.05) is 6.54 Å². The van der Waals surface area contributed by atoms with Crippen molar-refractivity contribution in [3.05, 3.63) is 16.6 Å². The topological polar surface area (TPSA) is 42.2 Å². The molecule has 1 aliphatic heterocycles. The molecule has 0 spiro atoms. The molecule has 0 radical (unpaired) electrons. The zero-order chi connectivity index (χ0) is 12.4. The van der Waals surface area contributed by atoms with E-state index in [0.29, 0.717) is 24.0 Å². The molecule has 3 nitrogen and oxygen atoms in total. The zero-order valence-corrected chi connectivity index (χ0v) is 11.8. The second kappa shape index (κ2) is 5.46. The summed E-state index contributed by atoms with van der Waals surface area (Å²) in [6.45, 7) is 7.93. The molecule has 4 heteroatoms. The number of piperidine rings is 1. The average Bonchev–Trinajstić information content (AvgIpc) is 2.84. The maximum atomic E-state index is 6.15. The van der Waals surface area contributed by atoms with Crippen molar-refractivity contribution < 1.29 is 0 Å². The first-order valence-corrected chi connectivity index (χ1v) is 7.43. The van der Waals surface area contributed by atoms with Crippen LogP contribution in [0.1, 0.15) is 44.7 Å². The zero-order valence-electron chi connectivity index (χ0n) is 11.0. The van der Waals surface area contributed by atoms with Crippen molar-refractivity contribution in [1.82, 2.24) is 9.88 Å². The molecular formula is C13H23N3S. The fourth-order valence-corrected chi connectivity index (χ4v) is 3.66. The van der Waals surface area contributed by atoms with E-state index in [1.54, 1.807) is 11.3 Å². The highest BCUT2D eigenvalue weighted by Gasteiger charge is 2.34. The molecule has 1 fully saturated rings. The highest BCUT2D eigenvalue weighted by Crippen LogP contribution is 2.33. The molecule has 2 rings (SSSR count). The van der Waals surface area contributed by atoms with Crippen molar-refractivity contribution in [1.29, 1.82) is 0 Å². The summed E-state index contributed by atoms with van der Waals surface area (Å²) in [6, 6.07) is 1.38. The number of thiazole rings is 1. The molecule has 0 aliphatic carbocycles. The fraction of sp³-hybridized carbons (Fsp3) is 0.769. The predicted molar refractivity (Wildman–Crippen MR) is 73.1 cm³/mol. The van der Waals surface area contributed by atoms with Gasteiger partial charge in [-0.1, -0.05) is 13.8 Å². The molecule has 1 aliphatic rings. The van der Waals surface area contributed by atoms with Crippen molar-refractivity contribution in [2.45, 2.75) is 51.7 Å². The van der Waals surface area contributed by atoms with Crippen LogP contribution >= 0.6 is 11.3 Å². The third-order valence-corrected chi connectivity index (χ3v) is 5.08. The van der Waals surface area contributed by atoms with Crippen LogP contribution in [0.3, 0.4) is 0 Å². The Bertz CT molecular complexity index is 338. The van der Waals surface area contributed by atoms with Gasteiger partial charge in [-0.3, -0.25) is 4.90 Å². The highest BCUT2D eigenvalue weighted by atomic mass is 32.1. The minimum absolute atomic E-state index is 0.357. The average molecular weight is 253 g/mol. The van der Waals surface area contributed by atoms with E-state index >= 15 is 0 Å². The number of rotatable bonds is 3. The van der Waals surface area contributed by atoms with Crippen LogP contribution in [0.15, 0.2) is 11.6 Å². The third kappa shape index (κ3) is 2.54. The van der Waals surface area contributed by atoms with Gasteiger partial charge in [0.05, 0.1) is 6.04 Å². The maximum Gasteiger partial charge on any atom is 0.110 e. The van der Waals surface area contributed by atoms with Crippen molar-refractivity contribution in [2.24, 2.45) is 11.7 Å². The predicted octanol–water partition coefficient (Wildman–Crippen LogP) is 2.65. The van der Waals surface area contributed by atoms with Gasteiger partial charge in [-0.05, 0) is 25.7 Å². The molecule has 4 unspecified atom stereocenters. The Labute approximate surface area is 108 Å². The Hall–Kier alpha value is -0.450. The van der Waals surface area contributed by atoms with Gasteiger partial charge in [0.25, 0.3) is 0 Å². The molecule has 4 atom stereocenters. The summed E-state index contributed by atoms with van der Waals surface area (Å²) in [4.78, 5) is 7.08. The summed E-state index contributed by atoms with van der Waals surface area (Å²) >= 11 is 1.77. The Morgan fingerprint density at radius 2 is 2.35 bits per heavy atom. The molecule has 1 aromatic rings. The van der Waals surface area contributed by atoms with Gasteiger partial charge in [0.1, 0.15) is 5.01 Å². The molecule has 17 heavy (non-hydrogen) atoms. The minimum Gasteiger partial charge on any atom is -0.327 e. The van der Waals surface area contributed by atoms with E-state index in [-0.39, 0.29) is 0 Å². The number of aromatic nitrogens is 1. The first kappa shape index (κ1) is 13.0. The van der Waals surface area contributed by atoms with Crippen LogP contribution in [-0.4, -0.2) is 28.5 Å². The lowest BCUT2D eigenvalue weighted by Crippen LogP contribution is -2.52. The number of nitrogens with two attached hydrogens (primary N) is 1. The summed E-state index contributed by atoms with van der Waals surface area (Å²) in [5.74, 6) is 0.567. The molecule has 0 bridgehead atoms. The number of nitrogens with zero attached hydrogens (tertiary/aromatic N) is 2. The monoisotopic (exact) mass is 253 g/mol. The Kier molecular flexibility index (Phi) is 4.17. The van der Waals surface area contributed by atoms with Crippen LogP contribution in [-0.2, 0) is 0 Å². The van der Waals surface area contributed by atoms with E-state index in [1.165, 1.54) is 5.01 Å². The Morgan fingerprint density at radius 3 is 2.94 bits per heavy atom. The maximum absolute atomic E-state index is 6.15. The smallest absolute Gasteiger partial charge is 0.110 e. The molecule has 96 valence electrons. The molecule has 2 heterocycles. The standard InChI is InChI=1S/C13H23N3S/c1-4-12(13-15-6-8-17-13)16-7-5-11(14)9(2)10(16)3/h6,8-12H,4-5,7,14H2,1-3H3. The van der Waals surface area contributed by atoms with E-state index in [2.05, 4.69) is 36.0 Å². The normalized spacial score (nSPS) is 32.6. The van der Waals surface area contributed by atoms with Crippen LogP contribution in [0.2, 0.25) is 0 Å². The first-order chi connectivity index (χ1) is 8.15. The molecule has 2 N–H and O–H groups in total. The van der Waals surface area contributed by atoms with Gasteiger partial charge >= 0.3 is 0 Å². The minimum atomic E-state index is 0.357. The molecule has 0 aromatic carbocycles. The summed E-state index contributed by atoms with van der Waals surface area (Å²) in [5.41, 5.74) is 6.15. The van der Waals surface area contributed by atoms with E-state index in [9.17, 15) is 0 Å². The summed E-state index contributed by atoms with van der Waals surface area (Å²) in [6.07, 6.45) is 4.14. The molecule has 1 saturated heterocycles.